The molecule has 36 heavy (non-hydrogen) atoms. The lowest BCUT2D eigenvalue weighted by molar-refractivity contribution is -0.858. The molecule has 0 radical (unpaired) electrons. The molecule has 1 aliphatic rings. The van der Waals surface area contributed by atoms with Gasteiger partial charge >= 0.3 is 0 Å². The first-order valence-electron chi connectivity index (χ1n) is 12.4. The van der Waals surface area contributed by atoms with E-state index in [1.807, 2.05) is 27.9 Å². The third-order valence-corrected chi connectivity index (χ3v) is 6.00. The van der Waals surface area contributed by atoms with Crippen molar-refractivity contribution in [3.05, 3.63) is 59.2 Å². The Morgan fingerprint density at radius 3 is 2.36 bits per heavy atom. The molecule has 3 rings (SSSR count). The third kappa shape index (κ3) is 5.99. The van der Waals surface area contributed by atoms with Gasteiger partial charge < -0.3 is 29.1 Å². The number of benzene rings is 2. The van der Waals surface area contributed by atoms with Crippen LogP contribution < -0.4 is 24.2 Å². The topological polar surface area (TPSA) is 92.6 Å². The number of quaternary nitrogens is 1. The van der Waals surface area contributed by atoms with Gasteiger partial charge in [0.25, 0.3) is 5.91 Å². The standard InChI is InChI=1S/C28H36N2O6/c1-6-17-36-22-14-11-20(18-23(22)34-5)25-24(26(31)19-9-12-21(13-10-19)35-7-2)27(32)28(33)30(25)16-8-15-29(3)4/h9-14,18,25,31H,6-8,15-17H2,1-5H3. The van der Waals surface area contributed by atoms with Crippen LogP contribution in [0.1, 0.15) is 43.9 Å². The monoisotopic (exact) mass is 496 g/mol. The van der Waals surface area contributed by atoms with E-state index < -0.39 is 23.5 Å². The first kappa shape index (κ1) is 27.1. The zero-order valence-electron chi connectivity index (χ0n) is 21.8. The zero-order valence-corrected chi connectivity index (χ0v) is 21.8. The second kappa shape index (κ2) is 12.4. The van der Waals surface area contributed by atoms with Crippen molar-refractivity contribution >= 4 is 17.4 Å². The van der Waals surface area contributed by atoms with Crippen LogP contribution in [0, 0.1) is 0 Å². The number of likely N-dealkylation sites (tertiary alicyclic amines) is 1. The molecule has 1 aliphatic heterocycles. The minimum atomic E-state index is -0.810. The summed E-state index contributed by atoms with van der Waals surface area (Å²) in [6.45, 7) is 6.10. The fourth-order valence-corrected chi connectivity index (χ4v) is 4.26. The SMILES string of the molecule is CCCOc1ccc(C2C(=C([O-])c3ccc(OCC)cc3)C(=O)C(=O)N2CCC[NH+](C)C)cc1OC. The molecular weight excluding hydrogens is 460 g/mol. The highest BCUT2D eigenvalue weighted by Gasteiger charge is 2.44. The first-order valence-corrected chi connectivity index (χ1v) is 12.4. The summed E-state index contributed by atoms with van der Waals surface area (Å²) in [7, 11) is 5.60. The molecule has 1 atom stereocenters. The Labute approximate surface area is 213 Å². The van der Waals surface area contributed by atoms with E-state index in [2.05, 4.69) is 0 Å². The van der Waals surface area contributed by atoms with Gasteiger partial charge in [-0.15, -0.1) is 0 Å². The number of carbonyl (C=O) groups excluding carboxylic acids is 2. The van der Waals surface area contributed by atoms with E-state index in [9.17, 15) is 14.7 Å². The van der Waals surface area contributed by atoms with Crippen molar-refractivity contribution in [1.82, 2.24) is 4.90 Å². The van der Waals surface area contributed by atoms with Gasteiger partial charge in [0.05, 0.1) is 47.0 Å². The van der Waals surface area contributed by atoms with E-state index in [-0.39, 0.29) is 5.57 Å². The van der Waals surface area contributed by atoms with Crippen molar-refractivity contribution in [2.24, 2.45) is 0 Å². The number of nitrogens with zero attached hydrogens (tertiary/aromatic N) is 1. The van der Waals surface area contributed by atoms with Crippen LogP contribution in [0.25, 0.3) is 5.76 Å². The summed E-state index contributed by atoms with van der Waals surface area (Å²) < 4.78 is 16.8. The van der Waals surface area contributed by atoms with Crippen molar-refractivity contribution in [1.29, 1.82) is 0 Å². The number of amides is 1. The van der Waals surface area contributed by atoms with E-state index in [1.165, 1.54) is 16.9 Å². The molecule has 8 nitrogen and oxygen atoms in total. The van der Waals surface area contributed by atoms with Gasteiger partial charge in [-0.05, 0) is 48.7 Å². The number of methoxy groups -OCH3 is 1. The van der Waals surface area contributed by atoms with Crippen molar-refractivity contribution < 1.29 is 33.8 Å². The summed E-state index contributed by atoms with van der Waals surface area (Å²) in [5.41, 5.74) is 0.904. The smallest absolute Gasteiger partial charge is 0.295 e. The maximum absolute atomic E-state index is 13.6. The van der Waals surface area contributed by atoms with Gasteiger partial charge in [-0.25, -0.2) is 0 Å². The molecule has 1 fully saturated rings. The molecule has 0 aromatic heterocycles. The van der Waals surface area contributed by atoms with Crippen molar-refractivity contribution in [2.45, 2.75) is 32.7 Å². The number of hydrogen-bond acceptors (Lipinski definition) is 6. The molecule has 0 saturated carbocycles. The Morgan fingerprint density at radius 1 is 1.03 bits per heavy atom. The van der Waals surface area contributed by atoms with Gasteiger partial charge in [0.2, 0.25) is 5.78 Å². The predicted octanol–water partition coefficient (Wildman–Crippen LogP) is 1.64. The molecule has 2 aromatic rings. The summed E-state index contributed by atoms with van der Waals surface area (Å²) in [6, 6.07) is 11.1. The van der Waals surface area contributed by atoms with Gasteiger partial charge in [0.15, 0.2) is 11.5 Å². The van der Waals surface area contributed by atoms with Gasteiger partial charge in [-0.3, -0.25) is 9.59 Å². The molecular formula is C28H36N2O6. The molecule has 0 bridgehead atoms. The Hall–Kier alpha value is -3.52. The van der Waals surface area contributed by atoms with Crippen molar-refractivity contribution in [3.8, 4) is 17.2 Å². The Morgan fingerprint density at radius 2 is 1.75 bits per heavy atom. The lowest BCUT2D eigenvalue weighted by Gasteiger charge is -2.28. The number of rotatable bonds is 12. The summed E-state index contributed by atoms with van der Waals surface area (Å²) in [5, 5.41) is 13.6. The molecule has 1 saturated heterocycles. The number of hydrogen-bond donors (Lipinski definition) is 1. The van der Waals surface area contributed by atoms with Crippen LogP contribution in [-0.4, -0.2) is 64.1 Å². The van der Waals surface area contributed by atoms with Crippen LogP contribution in [-0.2, 0) is 9.59 Å². The maximum Gasteiger partial charge on any atom is 0.295 e. The predicted molar refractivity (Wildman–Crippen MR) is 135 cm³/mol. The van der Waals surface area contributed by atoms with Crippen LogP contribution in [0.4, 0.5) is 0 Å². The van der Waals surface area contributed by atoms with Crippen LogP contribution >= 0.6 is 0 Å². The second-order valence-corrected chi connectivity index (χ2v) is 9.00. The Bertz CT molecular complexity index is 1090. The van der Waals surface area contributed by atoms with Crippen molar-refractivity contribution in [2.75, 3.05) is 47.5 Å². The van der Waals surface area contributed by atoms with Crippen molar-refractivity contribution in [3.63, 3.8) is 0 Å². The molecule has 1 unspecified atom stereocenters. The number of nitrogens with one attached hydrogen (secondary N) is 1. The largest absolute Gasteiger partial charge is 0.872 e. The highest BCUT2D eigenvalue weighted by molar-refractivity contribution is 6.46. The molecule has 194 valence electrons. The van der Waals surface area contributed by atoms with Gasteiger partial charge in [0, 0.05) is 18.5 Å². The number of ketones is 1. The fourth-order valence-electron chi connectivity index (χ4n) is 4.26. The molecule has 8 heteroatoms. The Balaban J connectivity index is 2.09. The molecule has 1 heterocycles. The average Bonchev–Trinajstić information content (AvgIpc) is 3.12. The molecule has 0 aliphatic carbocycles. The molecule has 1 amide bonds. The summed E-state index contributed by atoms with van der Waals surface area (Å²) >= 11 is 0. The highest BCUT2D eigenvalue weighted by Crippen LogP contribution is 2.41. The van der Waals surface area contributed by atoms with Gasteiger partial charge in [-0.2, -0.15) is 0 Å². The van der Waals surface area contributed by atoms with Crippen LogP contribution in [0.5, 0.6) is 17.2 Å². The molecule has 1 N–H and O–H groups in total. The second-order valence-electron chi connectivity index (χ2n) is 9.00. The lowest BCUT2D eigenvalue weighted by atomic mass is 9.95. The minimum Gasteiger partial charge on any atom is -0.872 e. The molecule has 0 spiro atoms. The summed E-state index contributed by atoms with van der Waals surface area (Å²) in [5.74, 6) is -0.203. The summed E-state index contributed by atoms with van der Waals surface area (Å²) in [6.07, 6.45) is 1.53. The van der Waals surface area contributed by atoms with Crippen LogP contribution in [0.3, 0.4) is 0 Å². The highest BCUT2D eigenvalue weighted by atomic mass is 16.5. The third-order valence-electron chi connectivity index (χ3n) is 6.00. The number of carbonyl (C=O) groups is 2. The Kier molecular flexibility index (Phi) is 9.36. The average molecular weight is 497 g/mol. The molecule has 2 aromatic carbocycles. The maximum atomic E-state index is 13.6. The number of ether oxygens (including phenoxy) is 3. The normalized spacial score (nSPS) is 17.1. The van der Waals surface area contributed by atoms with E-state index >= 15 is 0 Å². The van der Waals surface area contributed by atoms with E-state index in [1.54, 1.807) is 42.5 Å². The lowest BCUT2D eigenvalue weighted by Crippen LogP contribution is -3.05. The quantitative estimate of drug-likeness (QED) is 0.273. The zero-order chi connectivity index (χ0) is 26.2. The minimum absolute atomic E-state index is 0.0503. The van der Waals surface area contributed by atoms with Crippen LogP contribution in [0.2, 0.25) is 0 Å². The van der Waals surface area contributed by atoms with E-state index in [4.69, 9.17) is 14.2 Å². The van der Waals surface area contributed by atoms with Gasteiger partial charge in [-0.1, -0.05) is 30.9 Å². The summed E-state index contributed by atoms with van der Waals surface area (Å²) in [4.78, 5) is 29.1. The number of Topliss-reactive ketones (excluding diaryl/α,β-unsaturated/α-hetero) is 1. The first-order chi connectivity index (χ1) is 17.3. The van der Waals surface area contributed by atoms with E-state index in [0.717, 1.165) is 13.0 Å². The van der Waals surface area contributed by atoms with Crippen LogP contribution in [0.15, 0.2) is 48.0 Å². The van der Waals surface area contributed by atoms with E-state index in [0.29, 0.717) is 54.6 Å². The fraction of sp³-hybridized carbons (Fsp3) is 0.429. The van der Waals surface area contributed by atoms with Gasteiger partial charge in [0.1, 0.15) is 5.75 Å².